The van der Waals surface area contributed by atoms with Gasteiger partial charge in [-0.25, -0.2) is 14.3 Å². The number of nitrogens with zero attached hydrogens (tertiary/aromatic N) is 4. The van der Waals surface area contributed by atoms with E-state index in [-0.39, 0.29) is 24.1 Å². The Morgan fingerprint density at radius 1 is 1.03 bits per heavy atom. The van der Waals surface area contributed by atoms with Gasteiger partial charge in [0.25, 0.3) is 5.91 Å². The Morgan fingerprint density at radius 3 is 2.19 bits per heavy atom. The molecule has 2 fully saturated rings. The molecule has 0 radical (unpaired) electrons. The van der Waals surface area contributed by atoms with Crippen LogP contribution in [0.5, 0.6) is 0 Å². The fourth-order valence-electron chi connectivity index (χ4n) is 4.61. The average molecular weight is 497 g/mol. The maximum absolute atomic E-state index is 13.5. The molecule has 1 saturated heterocycles. The van der Waals surface area contributed by atoms with Crippen LogP contribution in [0.2, 0.25) is 0 Å². The SMILES string of the molecule is CCOC(=O)c1cnn(-c2ccc(C(=O)N(C3CC3)C3CCN(C(=O)OC(C)(C)C)CC3)cc2)c1C. The molecule has 1 aliphatic carbocycles. The highest BCUT2D eigenvalue weighted by Gasteiger charge is 2.40. The summed E-state index contributed by atoms with van der Waals surface area (Å²) in [6.07, 6.45) is 4.72. The van der Waals surface area contributed by atoms with Gasteiger partial charge in [-0.15, -0.1) is 0 Å². The Balaban J connectivity index is 1.43. The van der Waals surface area contributed by atoms with Gasteiger partial charge in [0.05, 0.1) is 24.2 Å². The van der Waals surface area contributed by atoms with E-state index in [1.54, 1.807) is 16.5 Å². The molecule has 2 aliphatic rings. The van der Waals surface area contributed by atoms with Gasteiger partial charge in [-0.1, -0.05) is 0 Å². The number of esters is 1. The van der Waals surface area contributed by atoms with Crippen molar-refractivity contribution in [2.45, 2.75) is 78.0 Å². The summed E-state index contributed by atoms with van der Waals surface area (Å²) in [5, 5.41) is 4.33. The summed E-state index contributed by atoms with van der Waals surface area (Å²) in [4.78, 5) is 41.9. The van der Waals surface area contributed by atoms with Crippen LogP contribution in [0.3, 0.4) is 0 Å². The van der Waals surface area contributed by atoms with Gasteiger partial charge in [0.15, 0.2) is 0 Å². The number of ether oxygens (including phenoxy) is 2. The first-order valence-electron chi connectivity index (χ1n) is 12.7. The van der Waals surface area contributed by atoms with Gasteiger partial charge in [0.1, 0.15) is 11.2 Å². The van der Waals surface area contributed by atoms with Gasteiger partial charge < -0.3 is 19.3 Å². The van der Waals surface area contributed by atoms with Crippen LogP contribution in [0.4, 0.5) is 4.79 Å². The van der Waals surface area contributed by atoms with Crippen molar-refractivity contribution in [1.82, 2.24) is 19.6 Å². The van der Waals surface area contributed by atoms with Crippen LogP contribution >= 0.6 is 0 Å². The monoisotopic (exact) mass is 496 g/mol. The molecule has 2 amide bonds. The second-order valence-electron chi connectivity index (χ2n) is 10.5. The molecule has 36 heavy (non-hydrogen) atoms. The van der Waals surface area contributed by atoms with E-state index in [0.717, 1.165) is 31.4 Å². The Hall–Kier alpha value is -3.36. The molecule has 0 unspecified atom stereocenters. The predicted molar refractivity (Wildman–Crippen MR) is 134 cm³/mol. The number of piperidine rings is 1. The molecule has 9 heteroatoms. The molecule has 1 aromatic heterocycles. The van der Waals surface area contributed by atoms with Crippen molar-refractivity contribution in [2.75, 3.05) is 19.7 Å². The van der Waals surface area contributed by atoms with Crippen molar-refractivity contribution in [3.05, 3.63) is 47.3 Å². The molecule has 2 aromatic rings. The molecule has 4 rings (SSSR count). The van der Waals surface area contributed by atoms with E-state index in [2.05, 4.69) is 5.10 Å². The molecular formula is C27H36N4O5. The lowest BCUT2D eigenvalue weighted by Gasteiger charge is -2.39. The first-order valence-corrected chi connectivity index (χ1v) is 12.7. The first-order chi connectivity index (χ1) is 17.1. The Kier molecular flexibility index (Phi) is 7.38. The minimum atomic E-state index is -0.523. The van der Waals surface area contributed by atoms with E-state index in [9.17, 15) is 14.4 Å². The minimum Gasteiger partial charge on any atom is -0.462 e. The molecule has 1 aromatic carbocycles. The number of rotatable bonds is 6. The fourth-order valence-corrected chi connectivity index (χ4v) is 4.61. The number of amides is 2. The lowest BCUT2D eigenvalue weighted by atomic mass is 10.0. The molecular weight excluding hydrogens is 460 g/mol. The van der Waals surface area contributed by atoms with Crippen LogP contribution < -0.4 is 0 Å². The number of hydrogen-bond acceptors (Lipinski definition) is 6. The smallest absolute Gasteiger partial charge is 0.410 e. The lowest BCUT2D eigenvalue weighted by Crippen LogP contribution is -2.50. The maximum Gasteiger partial charge on any atom is 0.410 e. The van der Waals surface area contributed by atoms with Crippen LogP contribution in [-0.2, 0) is 9.47 Å². The van der Waals surface area contributed by atoms with Crippen molar-refractivity contribution >= 4 is 18.0 Å². The Morgan fingerprint density at radius 2 is 1.64 bits per heavy atom. The van der Waals surface area contributed by atoms with Gasteiger partial charge in [-0.3, -0.25) is 4.79 Å². The molecule has 1 aliphatic heterocycles. The van der Waals surface area contributed by atoms with E-state index in [1.165, 1.54) is 6.20 Å². The highest BCUT2D eigenvalue weighted by atomic mass is 16.6. The summed E-state index contributed by atoms with van der Waals surface area (Å²) < 4.78 is 12.3. The number of hydrogen-bond donors (Lipinski definition) is 0. The van der Waals surface area contributed by atoms with Crippen LogP contribution in [0, 0.1) is 6.92 Å². The van der Waals surface area contributed by atoms with Gasteiger partial charge >= 0.3 is 12.1 Å². The van der Waals surface area contributed by atoms with E-state index < -0.39 is 11.6 Å². The lowest BCUT2D eigenvalue weighted by molar-refractivity contribution is 0.0142. The summed E-state index contributed by atoms with van der Waals surface area (Å²) in [5.74, 6) is -0.380. The highest BCUT2D eigenvalue weighted by Crippen LogP contribution is 2.33. The van der Waals surface area contributed by atoms with E-state index in [0.29, 0.717) is 36.5 Å². The quantitative estimate of drug-likeness (QED) is 0.552. The zero-order valence-corrected chi connectivity index (χ0v) is 21.8. The molecule has 0 N–H and O–H groups in total. The summed E-state index contributed by atoms with van der Waals surface area (Å²) in [7, 11) is 0. The summed E-state index contributed by atoms with van der Waals surface area (Å²) >= 11 is 0. The van der Waals surface area contributed by atoms with Crippen molar-refractivity contribution in [3.63, 3.8) is 0 Å². The van der Waals surface area contributed by atoms with E-state index in [4.69, 9.17) is 9.47 Å². The second-order valence-corrected chi connectivity index (χ2v) is 10.5. The van der Waals surface area contributed by atoms with Crippen LogP contribution in [0.15, 0.2) is 30.5 Å². The van der Waals surface area contributed by atoms with Crippen molar-refractivity contribution in [1.29, 1.82) is 0 Å². The second kappa shape index (κ2) is 10.3. The largest absolute Gasteiger partial charge is 0.462 e. The minimum absolute atomic E-state index is 0.0177. The fraction of sp³-hybridized carbons (Fsp3) is 0.556. The molecule has 2 heterocycles. The summed E-state index contributed by atoms with van der Waals surface area (Å²) in [6.45, 7) is 10.6. The highest BCUT2D eigenvalue weighted by molar-refractivity contribution is 5.95. The third-order valence-corrected chi connectivity index (χ3v) is 6.55. The molecule has 0 spiro atoms. The van der Waals surface area contributed by atoms with E-state index in [1.807, 2.05) is 56.9 Å². The van der Waals surface area contributed by atoms with Gasteiger partial charge in [0.2, 0.25) is 0 Å². The zero-order valence-electron chi connectivity index (χ0n) is 21.8. The van der Waals surface area contributed by atoms with Crippen LogP contribution in [-0.4, -0.2) is 74.9 Å². The number of carbonyl (C=O) groups is 3. The van der Waals surface area contributed by atoms with Gasteiger partial charge in [0, 0.05) is 30.7 Å². The van der Waals surface area contributed by atoms with Crippen LogP contribution in [0.25, 0.3) is 5.69 Å². The standard InChI is InChI=1S/C27H36N4O5/c1-6-35-25(33)23-17-28-31(18(23)2)22-9-7-19(8-10-22)24(32)30(20-11-12-20)21-13-15-29(16-14-21)26(34)36-27(3,4)5/h7-10,17,20-21H,6,11-16H2,1-5H3. The molecule has 194 valence electrons. The normalized spacial score (nSPS) is 16.5. The Labute approximate surface area is 212 Å². The number of benzene rings is 1. The van der Waals surface area contributed by atoms with Gasteiger partial charge in [-0.05, 0) is 84.6 Å². The van der Waals surface area contributed by atoms with Gasteiger partial charge in [-0.2, -0.15) is 5.10 Å². The summed E-state index contributed by atoms with van der Waals surface area (Å²) in [6, 6.07) is 7.68. The Bertz CT molecular complexity index is 1110. The first kappa shape index (κ1) is 25.7. The van der Waals surface area contributed by atoms with Crippen molar-refractivity contribution in [2.24, 2.45) is 0 Å². The number of aromatic nitrogens is 2. The summed E-state index contributed by atoms with van der Waals surface area (Å²) in [5.41, 5.74) is 1.97. The van der Waals surface area contributed by atoms with Crippen molar-refractivity contribution < 1.29 is 23.9 Å². The van der Waals surface area contributed by atoms with E-state index >= 15 is 0 Å². The molecule has 1 saturated carbocycles. The average Bonchev–Trinajstić information content (AvgIpc) is 3.59. The topological polar surface area (TPSA) is 94.0 Å². The number of likely N-dealkylation sites (tertiary alicyclic amines) is 1. The molecule has 9 nitrogen and oxygen atoms in total. The third-order valence-electron chi connectivity index (χ3n) is 6.55. The molecule has 0 atom stereocenters. The maximum atomic E-state index is 13.5. The number of carbonyl (C=O) groups excluding carboxylic acids is 3. The molecule has 0 bridgehead atoms. The van der Waals surface area contributed by atoms with Crippen molar-refractivity contribution in [3.8, 4) is 5.69 Å². The van der Waals surface area contributed by atoms with Crippen LogP contribution in [0.1, 0.15) is 79.8 Å². The predicted octanol–water partition coefficient (Wildman–Crippen LogP) is 4.36. The third kappa shape index (κ3) is 5.71. The zero-order chi connectivity index (χ0) is 26.0.